The predicted molar refractivity (Wildman–Crippen MR) is 87.7 cm³/mol. The topological polar surface area (TPSA) is 49.6 Å². The molecule has 2 aliphatic rings. The van der Waals surface area contributed by atoms with Gasteiger partial charge in [0.05, 0.1) is 12.2 Å². The van der Waals surface area contributed by atoms with Crippen LogP contribution in [0.4, 0.5) is 5.69 Å². The summed E-state index contributed by atoms with van der Waals surface area (Å²) in [4.78, 5) is 18.2. The van der Waals surface area contributed by atoms with Crippen LogP contribution in [-0.4, -0.2) is 48.8 Å². The van der Waals surface area contributed by atoms with Gasteiger partial charge in [0.1, 0.15) is 0 Å². The smallest absolute Gasteiger partial charge is 0.241 e. The summed E-state index contributed by atoms with van der Waals surface area (Å²) in [6, 6.07) is 8.65. The molecule has 114 valence electrons. The van der Waals surface area contributed by atoms with Gasteiger partial charge in [0.2, 0.25) is 5.91 Å². The van der Waals surface area contributed by atoms with Crippen LogP contribution in [0.3, 0.4) is 0 Å². The largest absolute Gasteiger partial charge is 0.330 e. The normalized spacial score (nSPS) is 25.9. The SMILES string of the molecule is CC1CC(CN)CN1CC(=O)N1CCSc2ccccc21. The average molecular weight is 305 g/mol. The number of fused-ring (bicyclic) bond motifs is 1. The van der Waals surface area contributed by atoms with Crippen molar-refractivity contribution in [2.75, 3.05) is 36.8 Å². The zero-order valence-corrected chi connectivity index (χ0v) is 13.3. The second-order valence-corrected chi connectivity index (χ2v) is 7.11. The Morgan fingerprint density at radius 1 is 1.43 bits per heavy atom. The molecule has 0 bridgehead atoms. The molecule has 1 saturated heterocycles. The second kappa shape index (κ2) is 6.38. The van der Waals surface area contributed by atoms with E-state index in [2.05, 4.69) is 24.0 Å². The Balaban J connectivity index is 1.69. The lowest BCUT2D eigenvalue weighted by Gasteiger charge is -2.31. The van der Waals surface area contributed by atoms with E-state index in [1.54, 1.807) is 0 Å². The molecule has 2 unspecified atom stereocenters. The number of nitrogens with two attached hydrogens (primary N) is 1. The molecule has 0 saturated carbocycles. The van der Waals surface area contributed by atoms with Gasteiger partial charge in [-0.25, -0.2) is 0 Å². The molecule has 0 aliphatic carbocycles. The molecule has 3 rings (SSSR count). The minimum Gasteiger partial charge on any atom is -0.330 e. The van der Waals surface area contributed by atoms with E-state index in [9.17, 15) is 4.79 Å². The van der Waals surface area contributed by atoms with Gasteiger partial charge in [-0.05, 0) is 37.9 Å². The van der Waals surface area contributed by atoms with Crippen molar-refractivity contribution in [3.8, 4) is 0 Å². The fourth-order valence-corrected chi connectivity index (χ4v) is 4.29. The first kappa shape index (κ1) is 14.9. The monoisotopic (exact) mass is 305 g/mol. The summed E-state index contributed by atoms with van der Waals surface area (Å²) < 4.78 is 0. The van der Waals surface area contributed by atoms with E-state index in [0.717, 1.165) is 37.5 Å². The third-order valence-electron chi connectivity index (χ3n) is 4.49. The molecule has 1 aromatic rings. The molecule has 0 radical (unpaired) electrons. The predicted octanol–water partition coefficient (Wildman–Crippen LogP) is 1.79. The summed E-state index contributed by atoms with van der Waals surface area (Å²) in [5, 5.41) is 0. The van der Waals surface area contributed by atoms with E-state index in [1.807, 2.05) is 28.8 Å². The van der Waals surface area contributed by atoms with Crippen LogP contribution >= 0.6 is 11.8 Å². The third kappa shape index (κ3) is 3.10. The summed E-state index contributed by atoms with van der Waals surface area (Å²) >= 11 is 1.83. The highest BCUT2D eigenvalue weighted by molar-refractivity contribution is 7.99. The Morgan fingerprint density at radius 2 is 2.24 bits per heavy atom. The molecule has 5 heteroatoms. The van der Waals surface area contributed by atoms with Gasteiger partial charge in [-0.2, -0.15) is 0 Å². The molecule has 1 amide bonds. The number of hydrogen-bond acceptors (Lipinski definition) is 4. The van der Waals surface area contributed by atoms with Gasteiger partial charge in [-0.1, -0.05) is 12.1 Å². The molecular formula is C16H23N3OS. The summed E-state index contributed by atoms with van der Waals surface area (Å²) in [5.74, 6) is 1.73. The Morgan fingerprint density at radius 3 is 3.00 bits per heavy atom. The number of anilines is 1. The van der Waals surface area contributed by atoms with E-state index in [0.29, 0.717) is 18.5 Å². The van der Waals surface area contributed by atoms with Crippen LogP contribution in [0.15, 0.2) is 29.2 Å². The van der Waals surface area contributed by atoms with Crippen molar-refractivity contribution in [2.24, 2.45) is 11.7 Å². The van der Waals surface area contributed by atoms with Gasteiger partial charge in [-0.3, -0.25) is 9.69 Å². The maximum Gasteiger partial charge on any atom is 0.241 e. The average Bonchev–Trinajstić information content (AvgIpc) is 2.87. The quantitative estimate of drug-likeness (QED) is 0.925. The molecule has 1 aromatic carbocycles. The number of hydrogen-bond donors (Lipinski definition) is 1. The number of carbonyl (C=O) groups is 1. The van der Waals surface area contributed by atoms with Crippen LogP contribution in [0.1, 0.15) is 13.3 Å². The highest BCUT2D eigenvalue weighted by Gasteiger charge is 2.31. The van der Waals surface area contributed by atoms with Gasteiger partial charge in [0.15, 0.2) is 0 Å². The van der Waals surface area contributed by atoms with Crippen LogP contribution in [-0.2, 0) is 4.79 Å². The Labute approximate surface area is 130 Å². The van der Waals surface area contributed by atoms with E-state index >= 15 is 0 Å². The zero-order chi connectivity index (χ0) is 14.8. The molecule has 2 heterocycles. The molecule has 21 heavy (non-hydrogen) atoms. The molecule has 2 aliphatic heterocycles. The van der Waals surface area contributed by atoms with Crippen molar-refractivity contribution < 1.29 is 4.79 Å². The van der Waals surface area contributed by atoms with Crippen LogP contribution < -0.4 is 10.6 Å². The maximum atomic E-state index is 12.7. The maximum absolute atomic E-state index is 12.7. The fourth-order valence-electron chi connectivity index (χ4n) is 3.30. The number of thioether (sulfide) groups is 1. The first-order chi connectivity index (χ1) is 10.2. The molecule has 2 atom stereocenters. The Kier molecular flexibility index (Phi) is 4.52. The van der Waals surface area contributed by atoms with Crippen LogP contribution in [0, 0.1) is 5.92 Å². The lowest BCUT2D eigenvalue weighted by atomic mass is 10.1. The number of nitrogens with zero attached hydrogens (tertiary/aromatic N) is 2. The van der Waals surface area contributed by atoms with E-state index < -0.39 is 0 Å². The van der Waals surface area contributed by atoms with Crippen LogP contribution in [0.5, 0.6) is 0 Å². The highest BCUT2D eigenvalue weighted by Crippen LogP contribution is 2.34. The number of benzene rings is 1. The van der Waals surface area contributed by atoms with Crippen LogP contribution in [0.2, 0.25) is 0 Å². The fraction of sp³-hybridized carbons (Fsp3) is 0.562. The Bertz CT molecular complexity index is 522. The first-order valence-corrected chi connectivity index (χ1v) is 8.64. The standard InChI is InChI=1S/C16H23N3OS/c1-12-8-13(9-17)10-18(12)11-16(20)19-6-7-21-15-5-3-2-4-14(15)19/h2-5,12-13H,6-11,17H2,1H3. The minimum absolute atomic E-state index is 0.215. The van der Waals surface area contributed by atoms with E-state index in [1.165, 1.54) is 4.90 Å². The van der Waals surface area contributed by atoms with Crippen LogP contribution in [0.25, 0.3) is 0 Å². The van der Waals surface area contributed by atoms with Crippen molar-refractivity contribution in [3.05, 3.63) is 24.3 Å². The van der Waals surface area contributed by atoms with Crippen molar-refractivity contribution in [2.45, 2.75) is 24.3 Å². The van der Waals surface area contributed by atoms with Gasteiger partial charge in [0.25, 0.3) is 0 Å². The summed E-state index contributed by atoms with van der Waals surface area (Å²) in [5.41, 5.74) is 6.84. The van der Waals surface area contributed by atoms with Crippen molar-refractivity contribution in [1.29, 1.82) is 0 Å². The van der Waals surface area contributed by atoms with Gasteiger partial charge < -0.3 is 10.6 Å². The highest BCUT2D eigenvalue weighted by atomic mass is 32.2. The van der Waals surface area contributed by atoms with Gasteiger partial charge in [-0.15, -0.1) is 11.8 Å². The van der Waals surface area contributed by atoms with E-state index in [-0.39, 0.29) is 5.91 Å². The lowest BCUT2D eigenvalue weighted by molar-refractivity contribution is -0.119. The summed E-state index contributed by atoms with van der Waals surface area (Å²) in [7, 11) is 0. The lowest BCUT2D eigenvalue weighted by Crippen LogP contribution is -2.44. The molecule has 4 nitrogen and oxygen atoms in total. The number of rotatable bonds is 3. The summed E-state index contributed by atoms with van der Waals surface area (Å²) in [6.07, 6.45) is 1.11. The summed E-state index contributed by atoms with van der Waals surface area (Å²) in [6.45, 7) is 5.19. The second-order valence-electron chi connectivity index (χ2n) is 5.98. The molecule has 0 spiro atoms. The van der Waals surface area contributed by atoms with E-state index in [4.69, 9.17) is 5.73 Å². The van der Waals surface area contributed by atoms with Crippen molar-refractivity contribution in [1.82, 2.24) is 4.90 Å². The third-order valence-corrected chi connectivity index (χ3v) is 5.53. The minimum atomic E-state index is 0.215. The van der Waals surface area contributed by atoms with Crippen molar-refractivity contribution >= 4 is 23.4 Å². The van der Waals surface area contributed by atoms with Gasteiger partial charge in [0, 0.05) is 29.8 Å². The number of carbonyl (C=O) groups excluding carboxylic acids is 1. The number of amides is 1. The molecular weight excluding hydrogens is 282 g/mol. The number of likely N-dealkylation sites (tertiary alicyclic amines) is 1. The van der Waals surface area contributed by atoms with Gasteiger partial charge >= 0.3 is 0 Å². The Hall–Kier alpha value is -1.04. The molecule has 1 fully saturated rings. The first-order valence-electron chi connectivity index (χ1n) is 7.65. The molecule has 2 N–H and O–H groups in total. The van der Waals surface area contributed by atoms with Crippen molar-refractivity contribution in [3.63, 3.8) is 0 Å². The number of para-hydroxylation sites is 1. The zero-order valence-electron chi connectivity index (χ0n) is 12.5. The molecule has 0 aromatic heterocycles.